The number of rotatable bonds is 8. The molecule has 4 N–H and O–H groups in total. The number of amides is 1. The second kappa shape index (κ2) is 10.4. The molecule has 180 valence electrons. The highest BCUT2D eigenvalue weighted by Crippen LogP contribution is 2.30. The van der Waals surface area contributed by atoms with Gasteiger partial charge in [0.2, 0.25) is 0 Å². The van der Waals surface area contributed by atoms with Gasteiger partial charge in [-0.25, -0.2) is 13.8 Å². The highest BCUT2D eigenvalue weighted by Gasteiger charge is 2.34. The maximum atomic E-state index is 13.0. The maximum absolute atomic E-state index is 13.0. The molecule has 2 heterocycles. The van der Waals surface area contributed by atoms with Crippen LogP contribution in [0.5, 0.6) is 0 Å². The minimum atomic E-state index is -4.54. The molecule has 1 fully saturated rings. The number of nitrogens with one attached hydrogen (secondary N) is 4. The largest absolute Gasteiger partial charge is 0.434 e. The number of imidazole rings is 1. The summed E-state index contributed by atoms with van der Waals surface area (Å²) in [6.45, 7) is -0.675. The topological polar surface area (TPSA) is 94.3 Å². The first-order valence-corrected chi connectivity index (χ1v) is 10.5. The average molecular weight is 493 g/mol. The summed E-state index contributed by atoms with van der Waals surface area (Å²) < 4.78 is 64.8. The van der Waals surface area contributed by atoms with E-state index in [0.717, 1.165) is 12.4 Å². The standard InChI is InChI=1S/C20H22ClF5N6O/c21-18(27)13(8-28-9-15(22)23)19(33)30-12-6-4-11(5-7-12)29-16-2-1-3-17-31-14(10-32(16)17)20(24,25)26/h1-3,8,10-12,15,27-29H,4-7,9H2,(H,30,33)/b13-8+,27-18?. The van der Waals surface area contributed by atoms with Crippen LogP contribution >= 0.6 is 11.6 Å². The van der Waals surface area contributed by atoms with E-state index in [0.29, 0.717) is 31.5 Å². The van der Waals surface area contributed by atoms with Crippen molar-refractivity contribution in [2.75, 3.05) is 11.9 Å². The lowest BCUT2D eigenvalue weighted by Crippen LogP contribution is -2.41. The van der Waals surface area contributed by atoms with Gasteiger partial charge in [-0.3, -0.25) is 14.6 Å². The van der Waals surface area contributed by atoms with Crippen LogP contribution in [0, 0.1) is 5.41 Å². The molecular weight excluding hydrogens is 471 g/mol. The van der Waals surface area contributed by atoms with Gasteiger partial charge in [0.15, 0.2) is 5.69 Å². The normalized spacial score (nSPS) is 19.5. The fraction of sp³-hybridized carbons (Fsp3) is 0.450. The van der Waals surface area contributed by atoms with Crippen molar-refractivity contribution in [2.24, 2.45) is 0 Å². The summed E-state index contributed by atoms with van der Waals surface area (Å²) in [5, 5.41) is 15.1. The first-order valence-electron chi connectivity index (χ1n) is 10.1. The number of hydrogen-bond acceptors (Lipinski definition) is 5. The summed E-state index contributed by atoms with van der Waals surface area (Å²) in [6, 6.07) is 4.52. The summed E-state index contributed by atoms with van der Waals surface area (Å²) in [5.41, 5.74) is -1.04. The SMILES string of the molecule is N=C(Cl)/C(=C\NCC(F)F)C(=O)NC1CCC(Nc2cccc3nc(C(F)(F)F)cn23)CC1. The summed E-state index contributed by atoms with van der Waals surface area (Å²) in [5.74, 6) is -0.162. The van der Waals surface area contributed by atoms with E-state index < -0.39 is 35.9 Å². The Kier molecular flexibility index (Phi) is 7.77. The Hall–Kier alpha value is -2.89. The second-order valence-corrected chi connectivity index (χ2v) is 7.98. The molecule has 2 aromatic rings. The van der Waals surface area contributed by atoms with Gasteiger partial charge in [0.25, 0.3) is 12.3 Å². The molecule has 1 saturated carbocycles. The smallest absolute Gasteiger partial charge is 0.384 e. The minimum absolute atomic E-state index is 0.0328. The van der Waals surface area contributed by atoms with Crippen molar-refractivity contribution < 1.29 is 26.7 Å². The monoisotopic (exact) mass is 492 g/mol. The molecule has 7 nitrogen and oxygen atoms in total. The van der Waals surface area contributed by atoms with E-state index in [1.165, 1.54) is 10.5 Å². The highest BCUT2D eigenvalue weighted by atomic mass is 35.5. The lowest BCUT2D eigenvalue weighted by Gasteiger charge is -2.30. The summed E-state index contributed by atoms with van der Waals surface area (Å²) >= 11 is 5.60. The molecule has 0 unspecified atom stereocenters. The Morgan fingerprint density at radius 3 is 2.52 bits per heavy atom. The van der Waals surface area contributed by atoms with Gasteiger partial charge in [-0.1, -0.05) is 17.7 Å². The van der Waals surface area contributed by atoms with Crippen LogP contribution in [0.25, 0.3) is 5.65 Å². The molecule has 13 heteroatoms. The molecule has 0 atom stereocenters. The quantitative estimate of drug-likeness (QED) is 0.253. The van der Waals surface area contributed by atoms with Gasteiger partial charge < -0.3 is 16.0 Å². The van der Waals surface area contributed by atoms with E-state index in [1.54, 1.807) is 12.1 Å². The van der Waals surface area contributed by atoms with Gasteiger partial charge in [0.05, 0.1) is 12.1 Å². The molecule has 0 radical (unpaired) electrons. The Bertz CT molecular complexity index is 1030. The van der Waals surface area contributed by atoms with Gasteiger partial charge in [-0.15, -0.1) is 0 Å². The number of carbonyl (C=O) groups excluding carboxylic acids is 1. The third-order valence-electron chi connectivity index (χ3n) is 5.20. The van der Waals surface area contributed by atoms with Crippen molar-refractivity contribution in [3.8, 4) is 0 Å². The predicted molar refractivity (Wildman–Crippen MR) is 114 cm³/mol. The van der Waals surface area contributed by atoms with Crippen molar-refractivity contribution in [3.63, 3.8) is 0 Å². The van der Waals surface area contributed by atoms with Crippen molar-refractivity contribution >= 4 is 34.1 Å². The average Bonchev–Trinajstić information content (AvgIpc) is 3.18. The van der Waals surface area contributed by atoms with Crippen molar-refractivity contribution in [1.82, 2.24) is 20.0 Å². The third-order valence-corrected chi connectivity index (χ3v) is 5.40. The second-order valence-electron chi connectivity index (χ2n) is 7.60. The molecule has 1 amide bonds. The summed E-state index contributed by atoms with van der Waals surface area (Å²) in [7, 11) is 0. The van der Waals surface area contributed by atoms with Crippen LogP contribution in [0.15, 0.2) is 36.2 Å². The van der Waals surface area contributed by atoms with Gasteiger partial charge in [-0.2, -0.15) is 13.2 Å². The van der Waals surface area contributed by atoms with Crippen LogP contribution in [-0.4, -0.2) is 45.5 Å². The molecule has 0 aromatic carbocycles. The number of anilines is 1. The Balaban J connectivity index is 1.57. The third kappa shape index (κ3) is 6.56. The number of carbonyl (C=O) groups is 1. The molecule has 2 aromatic heterocycles. The predicted octanol–water partition coefficient (Wildman–Crippen LogP) is 4.15. The van der Waals surface area contributed by atoms with E-state index in [2.05, 4.69) is 20.9 Å². The zero-order chi connectivity index (χ0) is 24.2. The fourth-order valence-corrected chi connectivity index (χ4v) is 3.74. The molecule has 1 aliphatic carbocycles. The number of nitrogens with zero attached hydrogens (tertiary/aromatic N) is 2. The molecule has 0 spiro atoms. The number of alkyl halides is 5. The molecule has 0 aliphatic heterocycles. The molecular formula is C20H22ClF5N6O. The van der Waals surface area contributed by atoms with Crippen LogP contribution in [-0.2, 0) is 11.0 Å². The van der Waals surface area contributed by atoms with Crippen molar-refractivity contribution in [3.05, 3.63) is 41.9 Å². The zero-order valence-electron chi connectivity index (χ0n) is 17.2. The molecule has 3 rings (SSSR count). The van der Waals surface area contributed by atoms with Gasteiger partial charge in [0.1, 0.15) is 16.6 Å². The summed E-state index contributed by atoms with van der Waals surface area (Å²) in [6.07, 6.45) is -2.82. The van der Waals surface area contributed by atoms with E-state index in [9.17, 15) is 26.7 Å². The molecule has 1 aliphatic rings. The van der Waals surface area contributed by atoms with E-state index in [4.69, 9.17) is 17.0 Å². The van der Waals surface area contributed by atoms with E-state index >= 15 is 0 Å². The van der Waals surface area contributed by atoms with Gasteiger partial charge >= 0.3 is 6.18 Å². The number of aromatic nitrogens is 2. The molecule has 0 bridgehead atoms. The summed E-state index contributed by atoms with van der Waals surface area (Å²) in [4.78, 5) is 16.0. The van der Waals surface area contributed by atoms with Crippen LogP contribution in [0.2, 0.25) is 0 Å². The first kappa shape index (κ1) is 24.7. The van der Waals surface area contributed by atoms with Crippen LogP contribution < -0.4 is 16.0 Å². The van der Waals surface area contributed by atoms with Crippen LogP contribution in [0.4, 0.5) is 27.8 Å². The number of halogens is 6. The molecule has 0 saturated heterocycles. The zero-order valence-corrected chi connectivity index (χ0v) is 18.0. The Morgan fingerprint density at radius 2 is 1.91 bits per heavy atom. The lowest BCUT2D eigenvalue weighted by atomic mass is 9.91. The van der Waals surface area contributed by atoms with Crippen molar-refractivity contribution in [2.45, 2.75) is 50.4 Å². The number of hydrogen-bond donors (Lipinski definition) is 4. The van der Waals surface area contributed by atoms with Crippen LogP contribution in [0.1, 0.15) is 31.4 Å². The van der Waals surface area contributed by atoms with E-state index in [1.807, 2.05) is 0 Å². The lowest BCUT2D eigenvalue weighted by molar-refractivity contribution is -0.140. The number of pyridine rings is 1. The van der Waals surface area contributed by atoms with Crippen LogP contribution in [0.3, 0.4) is 0 Å². The van der Waals surface area contributed by atoms with Gasteiger partial charge in [0, 0.05) is 24.5 Å². The van der Waals surface area contributed by atoms with Gasteiger partial charge in [-0.05, 0) is 37.8 Å². The highest BCUT2D eigenvalue weighted by molar-refractivity contribution is 6.71. The molecule has 33 heavy (non-hydrogen) atoms. The Morgan fingerprint density at radius 1 is 1.24 bits per heavy atom. The Labute approximate surface area is 190 Å². The number of fused-ring (bicyclic) bond motifs is 1. The fourth-order valence-electron chi connectivity index (χ4n) is 3.60. The van der Waals surface area contributed by atoms with E-state index in [-0.39, 0.29) is 23.3 Å². The maximum Gasteiger partial charge on any atom is 0.434 e. The minimum Gasteiger partial charge on any atom is -0.384 e. The van der Waals surface area contributed by atoms with Crippen molar-refractivity contribution in [1.29, 1.82) is 5.41 Å². The first-order chi connectivity index (χ1) is 15.5.